The molecule has 1 N–H and O–H groups in total. The Labute approximate surface area is 347 Å². The summed E-state index contributed by atoms with van der Waals surface area (Å²) in [5, 5.41) is 10.1. The van der Waals surface area contributed by atoms with Crippen LogP contribution in [0.5, 0.6) is 0 Å². The summed E-state index contributed by atoms with van der Waals surface area (Å²) in [6, 6.07) is 0. The minimum atomic E-state index is -4.67. The molecule has 328 valence electrons. The molecule has 0 amide bonds. The maximum Gasteiger partial charge on any atom is 0.306 e. The van der Waals surface area contributed by atoms with E-state index in [1.807, 2.05) is 39.4 Å². The number of hydrogen-bond acceptors (Lipinski definition) is 9. The van der Waals surface area contributed by atoms with Crippen molar-refractivity contribution in [1.29, 1.82) is 0 Å². The van der Waals surface area contributed by atoms with Crippen LogP contribution < -0.4 is 4.89 Å². The van der Waals surface area contributed by atoms with Gasteiger partial charge in [0, 0.05) is 12.8 Å². The van der Waals surface area contributed by atoms with Crippen molar-refractivity contribution in [3.05, 3.63) is 72.9 Å². The fourth-order valence-electron chi connectivity index (χ4n) is 5.28. The molecule has 57 heavy (non-hydrogen) atoms. The van der Waals surface area contributed by atoms with Gasteiger partial charge < -0.3 is 33.0 Å². The molecule has 0 aliphatic heterocycles. The molecule has 0 heterocycles. The zero-order valence-electron chi connectivity index (χ0n) is 36.4. The van der Waals surface area contributed by atoms with Crippen molar-refractivity contribution in [2.24, 2.45) is 0 Å². The number of ether oxygens (including phenoxy) is 2. The number of aliphatic hydroxyl groups excluding tert-OH is 1. The number of carbonyl (C=O) groups excluding carboxylic acids is 2. The molecule has 0 rings (SSSR count). The van der Waals surface area contributed by atoms with Crippen molar-refractivity contribution in [3.63, 3.8) is 0 Å². The largest absolute Gasteiger partial charge is 0.756 e. The van der Waals surface area contributed by atoms with Crippen molar-refractivity contribution in [2.45, 2.75) is 161 Å². The summed E-state index contributed by atoms with van der Waals surface area (Å²) in [4.78, 5) is 37.5. The smallest absolute Gasteiger partial charge is 0.306 e. The van der Waals surface area contributed by atoms with Gasteiger partial charge in [-0.25, -0.2) is 0 Å². The molecular formula is C46H80NO9P. The summed E-state index contributed by atoms with van der Waals surface area (Å²) in [6.45, 7) is 3.96. The van der Waals surface area contributed by atoms with E-state index < -0.39 is 38.6 Å². The van der Waals surface area contributed by atoms with Crippen LogP contribution in [-0.2, 0) is 32.7 Å². The van der Waals surface area contributed by atoms with Crippen LogP contribution in [0.25, 0.3) is 0 Å². The molecule has 3 atom stereocenters. The predicted molar refractivity (Wildman–Crippen MR) is 232 cm³/mol. The molecule has 0 saturated heterocycles. The number of likely N-dealkylation sites (N-methyl/N-ethyl adjacent to an activating group) is 1. The van der Waals surface area contributed by atoms with Crippen LogP contribution in [0.4, 0.5) is 0 Å². The van der Waals surface area contributed by atoms with Crippen LogP contribution in [0.2, 0.25) is 0 Å². The lowest BCUT2D eigenvalue weighted by Gasteiger charge is -2.28. The molecule has 0 aromatic carbocycles. The number of aliphatic hydroxyl groups is 1. The zero-order chi connectivity index (χ0) is 42.3. The molecule has 10 nitrogen and oxygen atoms in total. The maximum atomic E-state index is 12.6. The van der Waals surface area contributed by atoms with E-state index in [1.165, 1.54) is 38.5 Å². The number of allylic oxidation sites excluding steroid dienone is 10. The van der Waals surface area contributed by atoms with Crippen LogP contribution >= 0.6 is 7.82 Å². The standard InChI is InChI=1S/C46H80NO9P/c1-6-8-10-12-14-16-17-18-19-20-21-23-25-29-33-37-45(49)53-41-44(42-55-57(51,52)54-40-39-47(3,4)5)56-46(50)38-34-30-26-28-32-36-43(48)35-31-27-24-22-15-13-11-9-7-2/h14-16,18-19,22,26-28,31-32,36,43-44,48H,6-13,17,20-21,23-25,29-30,33-35,37-42H2,1-5H3/b16-14-,19-18-,22-15-,28-26+,31-27-,36-32-/t43?,44-/m1/s1. The summed E-state index contributed by atoms with van der Waals surface area (Å²) in [5.74, 6) is -0.988. The molecule has 2 unspecified atom stereocenters. The van der Waals surface area contributed by atoms with E-state index in [9.17, 15) is 24.2 Å². The molecule has 11 heteroatoms. The third-order valence-corrected chi connectivity index (χ3v) is 9.74. The van der Waals surface area contributed by atoms with Crippen LogP contribution in [0, 0.1) is 0 Å². The zero-order valence-corrected chi connectivity index (χ0v) is 37.3. The van der Waals surface area contributed by atoms with Crippen molar-refractivity contribution in [3.8, 4) is 0 Å². The van der Waals surface area contributed by atoms with Gasteiger partial charge in [0.25, 0.3) is 7.82 Å². The Bertz CT molecular complexity index is 1220. The van der Waals surface area contributed by atoms with Gasteiger partial charge in [0.15, 0.2) is 6.10 Å². The average molecular weight is 822 g/mol. The highest BCUT2D eigenvalue weighted by Crippen LogP contribution is 2.38. The number of hydrogen-bond donors (Lipinski definition) is 1. The monoisotopic (exact) mass is 822 g/mol. The minimum absolute atomic E-state index is 0.0624. The average Bonchev–Trinajstić information content (AvgIpc) is 3.15. The van der Waals surface area contributed by atoms with Gasteiger partial charge in [-0.15, -0.1) is 0 Å². The van der Waals surface area contributed by atoms with Gasteiger partial charge >= 0.3 is 11.9 Å². The number of carbonyl (C=O) groups is 2. The number of nitrogens with zero attached hydrogens (tertiary/aromatic N) is 1. The van der Waals surface area contributed by atoms with E-state index in [2.05, 4.69) is 56.4 Å². The predicted octanol–water partition coefficient (Wildman–Crippen LogP) is 10.6. The number of esters is 2. The van der Waals surface area contributed by atoms with E-state index >= 15 is 0 Å². The number of unbranched alkanes of at least 4 members (excludes halogenated alkanes) is 12. The maximum absolute atomic E-state index is 12.6. The summed E-state index contributed by atoms with van der Waals surface area (Å²) in [7, 11) is 1.06. The normalized spacial score (nSPS) is 14.9. The second-order valence-electron chi connectivity index (χ2n) is 15.5. The fourth-order valence-corrected chi connectivity index (χ4v) is 6.01. The Morgan fingerprint density at radius 1 is 0.649 bits per heavy atom. The van der Waals surface area contributed by atoms with Crippen LogP contribution in [0.3, 0.4) is 0 Å². The molecule has 0 aliphatic rings. The van der Waals surface area contributed by atoms with E-state index in [0.717, 1.165) is 57.8 Å². The van der Waals surface area contributed by atoms with Crippen molar-refractivity contribution < 1.29 is 47.2 Å². The summed E-state index contributed by atoms with van der Waals surface area (Å²) >= 11 is 0. The third-order valence-electron chi connectivity index (χ3n) is 8.78. The summed E-state index contributed by atoms with van der Waals surface area (Å²) < 4.78 is 33.7. The highest BCUT2D eigenvalue weighted by molar-refractivity contribution is 7.45. The minimum Gasteiger partial charge on any atom is -0.756 e. The van der Waals surface area contributed by atoms with Crippen LogP contribution in [0.1, 0.15) is 149 Å². The highest BCUT2D eigenvalue weighted by atomic mass is 31.2. The molecule has 0 aromatic rings. The van der Waals surface area contributed by atoms with Gasteiger partial charge in [-0.3, -0.25) is 14.2 Å². The lowest BCUT2D eigenvalue weighted by molar-refractivity contribution is -0.870. The molecule has 0 spiro atoms. The topological polar surface area (TPSA) is 131 Å². The van der Waals surface area contributed by atoms with Crippen molar-refractivity contribution >= 4 is 19.8 Å². The SMILES string of the molecule is CCCCC/C=C\C/C=C\CCCCCCCC(=O)OC[C@H](COP(=O)([O-])OCC[N+](C)(C)C)OC(=O)CCC/C=C/C=C\C(O)C/C=C\C/C=C\CCCCC. The van der Waals surface area contributed by atoms with E-state index in [4.69, 9.17) is 18.5 Å². The number of phosphoric acid groups is 1. The molecule has 0 radical (unpaired) electrons. The molecule has 0 bridgehead atoms. The molecular weight excluding hydrogens is 741 g/mol. The van der Waals surface area contributed by atoms with Gasteiger partial charge in [-0.1, -0.05) is 132 Å². The van der Waals surface area contributed by atoms with E-state index in [1.54, 1.807) is 12.2 Å². The van der Waals surface area contributed by atoms with Gasteiger partial charge in [0.05, 0.1) is 33.9 Å². The highest BCUT2D eigenvalue weighted by Gasteiger charge is 2.21. The Kier molecular flexibility index (Phi) is 36.0. The lowest BCUT2D eigenvalue weighted by atomic mass is 10.1. The molecule has 0 aromatic heterocycles. The summed E-state index contributed by atoms with van der Waals surface area (Å²) in [5.41, 5.74) is 0. The lowest BCUT2D eigenvalue weighted by Crippen LogP contribution is -2.37. The van der Waals surface area contributed by atoms with Crippen molar-refractivity contribution in [2.75, 3.05) is 47.5 Å². The Hall–Kier alpha value is -2.59. The number of quaternary nitrogens is 1. The van der Waals surface area contributed by atoms with Gasteiger partial charge in [-0.05, 0) is 77.0 Å². The van der Waals surface area contributed by atoms with E-state index in [-0.39, 0.29) is 26.1 Å². The molecule has 0 aliphatic carbocycles. The molecule has 0 fully saturated rings. The first kappa shape index (κ1) is 54.4. The summed E-state index contributed by atoms with van der Waals surface area (Å²) in [6.07, 6.45) is 42.4. The second kappa shape index (κ2) is 37.7. The Balaban J connectivity index is 4.60. The first-order chi connectivity index (χ1) is 27.4. The quantitative estimate of drug-likeness (QED) is 0.0161. The number of phosphoric ester groups is 1. The number of rotatable bonds is 38. The Morgan fingerprint density at radius 2 is 1.19 bits per heavy atom. The van der Waals surface area contributed by atoms with Gasteiger partial charge in [-0.2, -0.15) is 0 Å². The molecule has 0 saturated carbocycles. The van der Waals surface area contributed by atoms with Crippen LogP contribution in [-0.4, -0.2) is 81.2 Å². The second-order valence-corrected chi connectivity index (χ2v) is 17.0. The van der Waals surface area contributed by atoms with Crippen molar-refractivity contribution in [1.82, 2.24) is 0 Å². The Morgan fingerprint density at radius 3 is 1.81 bits per heavy atom. The first-order valence-electron chi connectivity index (χ1n) is 21.8. The van der Waals surface area contributed by atoms with Crippen LogP contribution in [0.15, 0.2) is 72.9 Å². The van der Waals surface area contributed by atoms with E-state index in [0.29, 0.717) is 36.7 Å². The third kappa shape index (κ3) is 41.4. The first-order valence-corrected chi connectivity index (χ1v) is 23.2. The van der Waals surface area contributed by atoms with Gasteiger partial charge in [0.2, 0.25) is 0 Å². The van der Waals surface area contributed by atoms with Gasteiger partial charge in [0.1, 0.15) is 19.8 Å². The fraction of sp³-hybridized carbons (Fsp3) is 0.696.